The average Bonchev–Trinajstić information content (AvgIpc) is 2.69. The summed E-state index contributed by atoms with van der Waals surface area (Å²) in [6.07, 6.45) is 2.36. The van der Waals surface area contributed by atoms with Crippen LogP contribution in [-0.2, 0) is 17.0 Å². The molecule has 1 amide bonds. The van der Waals surface area contributed by atoms with E-state index in [0.717, 1.165) is 35.8 Å². The van der Waals surface area contributed by atoms with E-state index in [1.807, 2.05) is 36.4 Å². The zero-order chi connectivity index (χ0) is 18.6. The molecule has 4 nitrogen and oxygen atoms in total. The number of methoxy groups -OCH3 is 2. The summed E-state index contributed by atoms with van der Waals surface area (Å²) in [5.41, 5.74) is 2.48. The number of amides is 1. The molecular weight excluding hydrogens is 346 g/mol. The maximum absolute atomic E-state index is 11.9. The molecule has 0 atom stereocenters. The summed E-state index contributed by atoms with van der Waals surface area (Å²) in [5, 5.41) is 2.99. The van der Waals surface area contributed by atoms with Gasteiger partial charge in [-0.15, -0.1) is 0 Å². The first-order chi connectivity index (χ1) is 12.7. The van der Waals surface area contributed by atoms with Gasteiger partial charge in [0.1, 0.15) is 0 Å². The number of aryl methyl sites for hydroxylation is 1. The van der Waals surface area contributed by atoms with Crippen LogP contribution in [0.15, 0.2) is 48.5 Å². The second-order valence-corrected chi connectivity index (χ2v) is 7.04. The molecule has 0 aromatic heterocycles. The molecule has 2 aromatic carbocycles. The molecule has 0 saturated heterocycles. The molecule has 0 unspecified atom stereocenters. The van der Waals surface area contributed by atoms with E-state index in [-0.39, 0.29) is 5.91 Å². The van der Waals surface area contributed by atoms with Crippen molar-refractivity contribution in [3.8, 4) is 11.5 Å². The van der Waals surface area contributed by atoms with Crippen molar-refractivity contribution in [2.75, 3.05) is 26.5 Å². The molecule has 0 fully saturated rings. The maximum atomic E-state index is 11.9. The van der Waals surface area contributed by atoms with Gasteiger partial charge in [-0.2, -0.15) is 11.8 Å². The topological polar surface area (TPSA) is 47.6 Å². The summed E-state index contributed by atoms with van der Waals surface area (Å²) < 4.78 is 10.6. The zero-order valence-electron chi connectivity index (χ0n) is 15.5. The van der Waals surface area contributed by atoms with Crippen molar-refractivity contribution >= 4 is 17.7 Å². The highest BCUT2D eigenvalue weighted by Crippen LogP contribution is 2.27. The smallest absolute Gasteiger partial charge is 0.220 e. The molecule has 2 aromatic rings. The maximum Gasteiger partial charge on any atom is 0.220 e. The van der Waals surface area contributed by atoms with Crippen LogP contribution in [0.5, 0.6) is 11.5 Å². The van der Waals surface area contributed by atoms with Gasteiger partial charge in [-0.25, -0.2) is 0 Å². The van der Waals surface area contributed by atoms with E-state index in [1.165, 1.54) is 11.1 Å². The van der Waals surface area contributed by atoms with Crippen molar-refractivity contribution in [2.45, 2.75) is 25.0 Å². The lowest BCUT2D eigenvalue weighted by atomic mass is 10.1. The van der Waals surface area contributed by atoms with E-state index in [0.29, 0.717) is 13.0 Å². The molecule has 5 heteroatoms. The molecule has 1 N–H and O–H groups in total. The molecule has 0 bridgehead atoms. The molecule has 0 aliphatic rings. The van der Waals surface area contributed by atoms with Gasteiger partial charge in [-0.1, -0.05) is 36.4 Å². The van der Waals surface area contributed by atoms with Gasteiger partial charge in [0.25, 0.3) is 0 Å². The first-order valence-corrected chi connectivity index (χ1v) is 9.97. The first kappa shape index (κ1) is 20.2. The van der Waals surface area contributed by atoms with E-state index in [9.17, 15) is 4.79 Å². The minimum atomic E-state index is 0.123. The van der Waals surface area contributed by atoms with Crippen LogP contribution in [0.4, 0.5) is 0 Å². The number of carbonyl (C=O) groups is 1. The molecule has 2 rings (SSSR count). The second-order valence-electron chi connectivity index (χ2n) is 5.93. The number of carbonyl (C=O) groups excluding carboxylic acids is 1. The van der Waals surface area contributed by atoms with Crippen LogP contribution in [0.3, 0.4) is 0 Å². The van der Waals surface area contributed by atoms with Crippen molar-refractivity contribution in [3.63, 3.8) is 0 Å². The number of hydrogen-bond acceptors (Lipinski definition) is 4. The molecule has 0 aliphatic heterocycles. The summed E-state index contributed by atoms with van der Waals surface area (Å²) in [6, 6.07) is 16.3. The fourth-order valence-electron chi connectivity index (χ4n) is 2.57. The van der Waals surface area contributed by atoms with Crippen molar-refractivity contribution in [1.29, 1.82) is 0 Å². The Bertz CT molecular complexity index is 676. The molecule has 0 aliphatic carbocycles. The zero-order valence-corrected chi connectivity index (χ0v) is 16.3. The Morgan fingerprint density at radius 2 is 1.77 bits per heavy atom. The molecule has 140 valence electrons. The number of rotatable bonds is 11. The number of benzene rings is 2. The first-order valence-electron chi connectivity index (χ1n) is 8.82. The Hall–Kier alpha value is -2.14. The van der Waals surface area contributed by atoms with Crippen LogP contribution in [0.25, 0.3) is 0 Å². The van der Waals surface area contributed by atoms with Crippen LogP contribution in [0.2, 0.25) is 0 Å². The van der Waals surface area contributed by atoms with Gasteiger partial charge in [0.2, 0.25) is 5.91 Å². The monoisotopic (exact) mass is 373 g/mol. The molecule has 0 spiro atoms. The van der Waals surface area contributed by atoms with E-state index in [1.54, 1.807) is 26.0 Å². The van der Waals surface area contributed by atoms with E-state index >= 15 is 0 Å². The Balaban J connectivity index is 1.58. The van der Waals surface area contributed by atoms with Crippen molar-refractivity contribution < 1.29 is 14.3 Å². The highest BCUT2D eigenvalue weighted by atomic mass is 32.2. The Morgan fingerprint density at radius 3 is 2.50 bits per heavy atom. The van der Waals surface area contributed by atoms with Gasteiger partial charge in [0.15, 0.2) is 11.5 Å². The molecule has 26 heavy (non-hydrogen) atoms. The Morgan fingerprint density at radius 1 is 1.00 bits per heavy atom. The highest BCUT2D eigenvalue weighted by molar-refractivity contribution is 7.98. The number of nitrogens with one attached hydrogen (secondary N) is 1. The number of thioether (sulfide) groups is 1. The van der Waals surface area contributed by atoms with Gasteiger partial charge in [-0.05, 0) is 36.1 Å². The molecule has 0 radical (unpaired) electrons. The normalized spacial score (nSPS) is 10.4. The minimum Gasteiger partial charge on any atom is -0.493 e. The standard InChI is InChI=1S/C21H27NO3S/c1-24-19-11-10-17(15-20(19)25-2)9-6-13-22-21(23)12-14-26-16-18-7-4-3-5-8-18/h3-5,7-8,10-11,15H,6,9,12-14,16H2,1-2H3,(H,22,23). The Kier molecular flexibility index (Phi) is 8.90. The third-order valence-electron chi connectivity index (χ3n) is 4.00. The third-order valence-corrected chi connectivity index (χ3v) is 5.03. The summed E-state index contributed by atoms with van der Waals surface area (Å²) >= 11 is 1.79. The molecule has 0 saturated carbocycles. The lowest BCUT2D eigenvalue weighted by Crippen LogP contribution is -2.25. The minimum absolute atomic E-state index is 0.123. The predicted molar refractivity (Wildman–Crippen MR) is 108 cm³/mol. The Labute approximate surface area is 160 Å². The fourth-order valence-corrected chi connectivity index (χ4v) is 3.48. The SMILES string of the molecule is COc1ccc(CCCNC(=O)CCSCc2ccccc2)cc1OC. The third kappa shape index (κ3) is 7.00. The summed E-state index contributed by atoms with van der Waals surface area (Å²) in [7, 11) is 3.27. The van der Waals surface area contributed by atoms with Gasteiger partial charge in [0, 0.05) is 24.5 Å². The van der Waals surface area contributed by atoms with Gasteiger partial charge >= 0.3 is 0 Å². The van der Waals surface area contributed by atoms with E-state index in [4.69, 9.17) is 9.47 Å². The fraction of sp³-hybridized carbons (Fsp3) is 0.381. The van der Waals surface area contributed by atoms with Crippen LogP contribution < -0.4 is 14.8 Å². The van der Waals surface area contributed by atoms with E-state index in [2.05, 4.69) is 17.4 Å². The summed E-state index contributed by atoms with van der Waals surface area (Å²) in [6.45, 7) is 0.691. The van der Waals surface area contributed by atoms with Crippen LogP contribution in [-0.4, -0.2) is 32.4 Å². The van der Waals surface area contributed by atoms with Crippen molar-refractivity contribution in [3.05, 3.63) is 59.7 Å². The van der Waals surface area contributed by atoms with Gasteiger partial charge < -0.3 is 14.8 Å². The van der Waals surface area contributed by atoms with Crippen molar-refractivity contribution in [2.24, 2.45) is 0 Å². The van der Waals surface area contributed by atoms with E-state index < -0.39 is 0 Å². The highest BCUT2D eigenvalue weighted by Gasteiger charge is 2.05. The summed E-state index contributed by atoms with van der Waals surface area (Å²) in [4.78, 5) is 11.9. The summed E-state index contributed by atoms with van der Waals surface area (Å²) in [5.74, 6) is 3.39. The van der Waals surface area contributed by atoms with Crippen LogP contribution in [0, 0.1) is 0 Å². The van der Waals surface area contributed by atoms with Crippen LogP contribution in [0.1, 0.15) is 24.0 Å². The average molecular weight is 374 g/mol. The van der Waals surface area contributed by atoms with Gasteiger partial charge in [0.05, 0.1) is 14.2 Å². The molecule has 0 heterocycles. The number of ether oxygens (including phenoxy) is 2. The second kappa shape index (κ2) is 11.5. The predicted octanol–water partition coefficient (Wildman–Crippen LogP) is 4.08. The number of hydrogen-bond donors (Lipinski definition) is 1. The molecular formula is C21H27NO3S. The lowest BCUT2D eigenvalue weighted by Gasteiger charge is -2.10. The van der Waals surface area contributed by atoms with Crippen molar-refractivity contribution in [1.82, 2.24) is 5.32 Å². The quantitative estimate of drug-likeness (QED) is 0.603. The largest absolute Gasteiger partial charge is 0.493 e. The van der Waals surface area contributed by atoms with Crippen LogP contribution >= 0.6 is 11.8 Å². The van der Waals surface area contributed by atoms with Gasteiger partial charge in [-0.3, -0.25) is 4.79 Å². The lowest BCUT2D eigenvalue weighted by molar-refractivity contribution is -0.120.